The van der Waals surface area contributed by atoms with E-state index in [2.05, 4.69) is 4.74 Å². The van der Waals surface area contributed by atoms with Gasteiger partial charge in [-0.3, -0.25) is 0 Å². The van der Waals surface area contributed by atoms with E-state index in [9.17, 15) is 9.59 Å². The van der Waals surface area contributed by atoms with Crippen molar-refractivity contribution in [1.82, 2.24) is 0 Å². The zero-order valence-electron chi connectivity index (χ0n) is 7.28. The summed E-state index contributed by atoms with van der Waals surface area (Å²) in [6.45, 7) is 0. The van der Waals surface area contributed by atoms with Gasteiger partial charge in [0.1, 0.15) is 0 Å². The van der Waals surface area contributed by atoms with Crippen molar-refractivity contribution < 1.29 is 19.4 Å². The number of halogens is 1. The van der Waals surface area contributed by atoms with Crippen molar-refractivity contribution in [2.45, 2.75) is 0 Å². The third-order valence-electron chi connectivity index (χ3n) is 1.62. The van der Waals surface area contributed by atoms with Gasteiger partial charge in [-0.15, -0.1) is 0 Å². The second-order valence-electron chi connectivity index (χ2n) is 2.49. The Morgan fingerprint density at radius 2 is 2.07 bits per heavy atom. The van der Waals surface area contributed by atoms with Crippen molar-refractivity contribution in [3.05, 3.63) is 32.9 Å². The second-order valence-corrected chi connectivity index (χ2v) is 3.65. The molecule has 0 spiro atoms. The monoisotopic (exact) mass is 306 g/mol. The molecule has 0 unspecified atom stereocenters. The number of benzene rings is 1. The molecule has 74 valence electrons. The molecule has 1 rings (SSSR count). The van der Waals surface area contributed by atoms with Gasteiger partial charge in [0.2, 0.25) is 0 Å². The van der Waals surface area contributed by atoms with E-state index in [4.69, 9.17) is 5.11 Å². The molecule has 5 heteroatoms. The molecule has 1 N–H and O–H groups in total. The zero-order chi connectivity index (χ0) is 10.7. The van der Waals surface area contributed by atoms with Gasteiger partial charge in [-0.1, -0.05) is 0 Å². The molecule has 0 aliphatic rings. The summed E-state index contributed by atoms with van der Waals surface area (Å²) in [6.07, 6.45) is 0. The molecule has 0 fully saturated rings. The van der Waals surface area contributed by atoms with Gasteiger partial charge in [0.05, 0.1) is 18.2 Å². The average Bonchev–Trinajstić information content (AvgIpc) is 2.17. The predicted molar refractivity (Wildman–Crippen MR) is 57.5 cm³/mol. The number of ether oxygens (including phenoxy) is 1. The van der Waals surface area contributed by atoms with Gasteiger partial charge in [-0.25, -0.2) is 9.59 Å². The maximum Gasteiger partial charge on any atom is 0.338 e. The van der Waals surface area contributed by atoms with Crippen LogP contribution in [0.3, 0.4) is 0 Å². The van der Waals surface area contributed by atoms with Gasteiger partial charge in [0, 0.05) is 3.57 Å². The lowest BCUT2D eigenvalue weighted by atomic mass is 10.1. The molecule has 0 aromatic heterocycles. The molecular weight excluding hydrogens is 299 g/mol. The van der Waals surface area contributed by atoms with E-state index < -0.39 is 11.9 Å². The number of hydrogen-bond donors (Lipinski definition) is 1. The predicted octanol–water partition coefficient (Wildman–Crippen LogP) is 1.78. The smallest absolute Gasteiger partial charge is 0.338 e. The lowest BCUT2D eigenvalue weighted by Gasteiger charge is -2.03. The lowest BCUT2D eigenvalue weighted by molar-refractivity contribution is 0.0599. The Labute approximate surface area is 94.0 Å². The minimum atomic E-state index is -1.06. The SMILES string of the molecule is COC(=O)c1cc(C(=O)O)ccc1I. The molecule has 0 amide bonds. The maximum atomic E-state index is 11.2. The van der Waals surface area contributed by atoms with Crippen molar-refractivity contribution in [1.29, 1.82) is 0 Å². The highest BCUT2D eigenvalue weighted by Gasteiger charge is 2.13. The molecule has 0 heterocycles. The summed E-state index contributed by atoms with van der Waals surface area (Å²) in [5.41, 5.74) is 0.346. The van der Waals surface area contributed by atoms with Crippen LogP contribution in [0.5, 0.6) is 0 Å². The number of methoxy groups -OCH3 is 1. The number of esters is 1. The Kier molecular flexibility index (Phi) is 3.45. The molecule has 0 atom stereocenters. The molecule has 0 saturated heterocycles. The van der Waals surface area contributed by atoms with Crippen LogP contribution in [-0.2, 0) is 4.74 Å². The lowest BCUT2D eigenvalue weighted by Crippen LogP contribution is -2.06. The molecule has 1 aromatic carbocycles. The first-order valence-corrected chi connectivity index (χ1v) is 4.75. The highest BCUT2D eigenvalue weighted by Crippen LogP contribution is 2.15. The average molecular weight is 306 g/mol. The highest BCUT2D eigenvalue weighted by molar-refractivity contribution is 14.1. The highest BCUT2D eigenvalue weighted by atomic mass is 127. The van der Waals surface area contributed by atoms with E-state index in [1.54, 1.807) is 6.07 Å². The molecule has 0 bridgehead atoms. The Bertz CT molecular complexity index is 386. The van der Waals surface area contributed by atoms with Gasteiger partial charge >= 0.3 is 11.9 Å². The van der Waals surface area contributed by atoms with Crippen LogP contribution >= 0.6 is 22.6 Å². The van der Waals surface area contributed by atoms with E-state index in [0.717, 1.165) is 0 Å². The van der Waals surface area contributed by atoms with Crippen molar-refractivity contribution in [2.24, 2.45) is 0 Å². The third kappa shape index (κ3) is 2.22. The quantitative estimate of drug-likeness (QED) is 0.668. The van der Waals surface area contributed by atoms with Crippen molar-refractivity contribution in [2.75, 3.05) is 7.11 Å². The van der Waals surface area contributed by atoms with E-state index >= 15 is 0 Å². The van der Waals surface area contributed by atoms with E-state index in [1.165, 1.54) is 19.2 Å². The van der Waals surface area contributed by atoms with Crippen LogP contribution in [0.25, 0.3) is 0 Å². The first kappa shape index (κ1) is 11.0. The Morgan fingerprint density at radius 1 is 1.43 bits per heavy atom. The van der Waals surface area contributed by atoms with Crippen LogP contribution in [0.1, 0.15) is 20.7 Å². The molecule has 0 radical (unpaired) electrons. The minimum Gasteiger partial charge on any atom is -0.478 e. The van der Waals surface area contributed by atoms with E-state index in [1.807, 2.05) is 22.6 Å². The summed E-state index contributed by atoms with van der Waals surface area (Å²) < 4.78 is 5.18. The first-order chi connectivity index (χ1) is 6.56. The number of carboxylic acids is 1. The molecule has 1 aromatic rings. The van der Waals surface area contributed by atoms with Gasteiger partial charge in [0.15, 0.2) is 0 Å². The van der Waals surface area contributed by atoms with Crippen molar-refractivity contribution in [3.8, 4) is 0 Å². The first-order valence-electron chi connectivity index (χ1n) is 3.67. The van der Waals surface area contributed by atoms with Crippen LogP contribution in [0.15, 0.2) is 18.2 Å². The normalized spacial score (nSPS) is 9.57. The number of hydrogen-bond acceptors (Lipinski definition) is 3. The Morgan fingerprint density at radius 3 is 2.57 bits per heavy atom. The summed E-state index contributed by atoms with van der Waals surface area (Å²) in [5.74, 6) is -1.59. The summed E-state index contributed by atoms with van der Waals surface area (Å²) in [5, 5.41) is 8.70. The molecular formula is C9H7IO4. The number of aromatic carboxylic acids is 1. The molecule has 0 saturated carbocycles. The van der Waals surface area contributed by atoms with Crippen LogP contribution in [0, 0.1) is 3.57 Å². The largest absolute Gasteiger partial charge is 0.478 e. The van der Waals surface area contributed by atoms with Crippen molar-refractivity contribution >= 4 is 34.5 Å². The number of rotatable bonds is 2. The standard InChI is InChI=1S/C9H7IO4/c1-14-9(13)6-4-5(8(11)12)2-3-7(6)10/h2-4H,1H3,(H,11,12). The minimum absolute atomic E-state index is 0.0748. The van der Waals surface area contributed by atoms with Gasteiger partial charge < -0.3 is 9.84 Å². The molecule has 0 aliphatic heterocycles. The summed E-state index contributed by atoms with van der Waals surface area (Å²) in [7, 11) is 1.26. The molecule has 4 nitrogen and oxygen atoms in total. The number of carbonyl (C=O) groups is 2. The summed E-state index contributed by atoms with van der Waals surface area (Å²) >= 11 is 1.95. The van der Waals surface area contributed by atoms with Crippen LogP contribution in [-0.4, -0.2) is 24.2 Å². The van der Waals surface area contributed by atoms with Crippen LogP contribution in [0.2, 0.25) is 0 Å². The fraction of sp³-hybridized carbons (Fsp3) is 0.111. The van der Waals surface area contributed by atoms with E-state index in [0.29, 0.717) is 3.57 Å². The maximum absolute atomic E-state index is 11.2. The van der Waals surface area contributed by atoms with Gasteiger partial charge in [0.25, 0.3) is 0 Å². The van der Waals surface area contributed by atoms with Gasteiger partial charge in [-0.2, -0.15) is 0 Å². The zero-order valence-corrected chi connectivity index (χ0v) is 9.44. The molecule has 0 aliphatic carbocycles. The number of carboxylic acid groups (broad SMARTS) is 1. The van der Waals surface area contributed by atoms with Gasteiger partial charge in [-0.05, 0) is 40.8 Å². The Hall–Kier alpha value is -1.11. The van der Waals surface area contributed by atoms with Crippen LogP contribution < -0.4 is 0 Å². The fourth-order valence-corrected chi connectivity index (χ4v) is 1.48. The third-order valence-corrected chi connectivity index (χ3v) is 2.56. The van der Waals surface area contributed by atoms with Crippen LogP contribution in [0.4, 0.5) is 0 Å². The molecule has 14 heavy (non-hydrogen) atoms. The Balaban J connectivity index is 3.21. The second kappa shape index (κ2) is 4.41. The topological polar surface area (TPSA) is 63.6 Å². The number of carbonyl (C=O) groups excluding carboxylic acids is 1. The van der Waals surface area contributed by atoms with E-state index in [-0.39, 0.29) is 11.1 Å². The van der Waals surface area contributed by atoms with Crippen molar-refractivity contribution in [3.63, 3.8) is 0 Å². The fourth-order valence-electron chi connectivity index (χ4n) is 0.925. The summed E-state index contributed by atoms with van der Waals surface area (Å²) in [4.78, 5) is 21.8. The summed E-state index contributed by atoms with van der Waals surface area (Å²) in [6, 6.07) is 4.31.